The lowest BCUT2D eigenvalue weighted by Crippen LogP contribution is -2.11. The first-order valence-corrected chi connectivity index (χ1v) is 9.79. The van der Waals surface area contributed by atoms with Crippen molar-refractivity contribution in [2.75, 3.05) is 5.75 Å². The minimum atomic E-state index is -4.68. The average molecular weight is 434 g/mol. The normalized spacial score (nSPS) is 11.5. The Morgan fingerprint density at radius 2 is 1.93 bits per heavy atom. The first-order valence-electron chi connectivity index (χ1n) is 8.80. The van der Waals surface area contributed by atoms with Crippen LogP contribution in [-0.4, -0.2) is 26.2 Å². The lowest BCUT2D eigenvalue weighted by molar-refractivity contribution is -0.138. The molecule has 0 spiro atoms. The van der Waals surface area contributed by atoms with Crippen LogP contribution in [0.4, 0.5) is 13.2 Å². The van der Waals surface area contributed by atoms with Crippen LogP contribution in [-0.2, 0) is 6.18 Å². The number of thioether (sulfide) groups is 1. The Bertz CT molecular complexity index is 1170. The summed E-state index contributed by atoms with van der Waals surface area (Å²) in [6.45, 7) is 6.73. The summed E-state index contributed by atoms with van der Waals surface area (Å²) >= 11 is 0.816. The van der Waals surface area contributed by atoms with Crippen LogP contribution in [0.15, 0.2) is 27.7 Å². The summed E-state index contributed by atoms with van der Waals surface area (Å²) in [6.07, 6.45) is -4.68. The van der Waals surface area contributed by atoms with Crippen LogP contribution in [0.1, 0.15) is 44.3 Å². The van der Waals surface area contributed by atoms with Crippen LogP contribution in [0, 0.1) is 39.0 Å². The molecule has 0 aliphatic heterocycles. The second-order valence-corrected chi connectivity index (χ2v) is 7.69. The number of aromatic nitrogens is 3. The van der Waals surface area contributed by atoms with Crippen molar-refractivity contribution in [2.45, 2.75) is 38.9 Å². The van der Waals surface area contributed by atoms with Gasteiger partial charge in [-0.25, -0.2) is 4.98 Å². The van der Waals surface area contributed by atoms with Gasteiger partial charge >= 0.3 is 6.18 Å². The van der Waals surface area contributed by atoms with E-state index in [1.807, 2.05) is 6.92 Å². The van der Waals surface area contributed by atoms with Crippen molar-refractivity contribution < 1.29 is 22.5 Å². The molecule has 0 N–H and O–H groups in total. The topological polar surface area (TPSA) is 84.7 Å². The minimum Gasteiger partial charge on any atom is -0.360 e. The number of halogens is 3. The fraction of sp³-hybridized carbons (Fsp3) is 0.300. The molecule has 3 aromatic heterocycles. The van der Waals surface area contributed by atoms with Gasteiger partial charge in [0, 0.05) is 28.7 Å². The Kier molecular flexibility index (Phi) is 5.76. The molecule has 6 nitrogen and oxygen atoms in total. The van der Waals surface area contributed by atoms with Crippen molar-refractivity contribution in [1.82, 2.24) is 14.7 Å². The molecular formula is C20H17F3N4O2S. The van der Waals surface area contributed by atoms with Crippen molar-refractivity contribution in [2.24, 2.45) is 0 Å². The van der Waals surface area contributed by atoms with E-state index in [4.69, 9.17) is 4.52 Å². The predicted octanol–water partition coefficient (Wildman–Crippen LogP) is 4.96. The maximum atomic E-state index is 13.3. The molecule has 0 saturated heterocycles. The number of ketones is 1. The molecule has 0 aromatic carbocycles. The van der Waals surface area contributed by atoms with Gasteiger partial charge in [0.25, 0.3) is 0 Å². The summed E-state index contributed by atoms with van der Waals surface area (Å²) in [7, 11) is 0. The van der Waals surface area contributed by atoms with Gasteiger partial charge in [-0.3, -0.25) is 9.36 Å². The van der Waals surface area contributed by atoms with Gasteiger partial charge in [-0.05, 0) is 39.8 Å². The zero-order valence-electron chi connectivity index (χ0n) is 16.6. The molecule has 156 valence electrons. The number of alkyl halides is 3. The molecule has 3 heterocycles. The number of nitrogens with zero attached hydrogens (tertiary/aromatic N) is 4. The van der Waals surface area contributed by atoms with E-state index in [-0.39, 0.29) is 22.3 Å². The van der Waals surface area contributed by atoms with E-state index >= 15 is 0 Å². The first-order chi connectivity index (χ1) is 14.0. The first kappa shape index (κ1) is 21.6. The quantitative estimate of drug-likeness (QED) is 0.417. The number of rotatable bonds is 5. The summed E-state index contributed by atoms with van der Waals surface area (Å²) in [5, 5.41) is 13.1. The van der Waals surface area contributed by atoms with E-state index in [1.54, 1.807) is 36.6 Å². The lowest BCUT2D eigenvalue weighted by atomic mass is 10.1. The number of carbonyl (C=O) groups excluding carboxylic acids is 1. The molecule has 0 atom stereocenters. The predicted molar refractivity (Wildman–Crippen MR) is 104 cm³/mol. The number of Topliss-reactive ketones (excluding diaryl/α,β-unsaturated/α-hetero) is 1. The third-order valence-corrected chi connectivity index (χ3v) is 5.42. The monoisotopic (exact) mass is 434 g/mol. The number of hydrogen-bond donors (Lipinski definition) is 0. The van der Waals surface area contributed by atoms with Crippen LogP contribution >= 0.6 is 11.8 Å². The molecular weight excluding hydrogens is 417 g/mol. The summed E-state index contributed by atoms with van der Waals surface area (Å²) < 4.78 is 46.6. The van der Waals surface area contributed by atoms with Gasteiger partial charge < -0.3 is 4.52 Å². The highest BCUT2D eigenvalue weighted by Crippen LogP contribution is 2.36. The van der Waals surface area contributed by atoms with Gasteiger partial charge in [-0.1, -0.05) is 16.9 Å². The number of nitriles is 1. The zero-order chi connectivity index (χ0) is 22.2. The van der Waals surface area contributed by atoms with Gasteiger partial charge in [0.15, 0.2) is 11.6 Å². The van der Waals surface area contributed by atoms with Crippen LogP contribution in [0.5, 0.6) is 0 Å². The highest BCUT2D eigenvalue weighted by atomic mass is 32.2. The maximum Gasteiger partial charge on any atom is 0.417 e. The summed E-state index contributed by atoms with van der Waals surface area (Å²) in [4.78, 5) is 16.8. The standard InChI is InChI=1S/C20H17F3N4O2S/c1-10-5-16(20(21,22)23)15(8-24)19(25-10)30-9-17(28)14-6-11(2)27(13(14)4)18-7-12(3)29-26-18/h5-7H,9H2,1-4H3. The largest absolute Gasteiger partial charge is 0.417 e. The average Bonchev–Trinajstić information content (AvgIpc) is 3.20. The Hall–Kier alpha value is -3.06. The molecule has 30 heavy (non-hydrogen) atoms. The number of carbonyl (C=O) groups is 1. The maximum absolute atomic E-state index is 13.3. The van der Waals surface area contributed by atoms with E-state index in [2.05, 4.69) is 10.1 Å². The molecule has 0 amide bonds. The van der Waals surface area contributed by atoms with Crippen LogP contribution in [0.2, 0.25) is 0 Å². The zero-order valence-corrected chi connectivity index (χ0v) is 17.4. The second kappa shape index (κ2) is 7.99. The molecule has 3 rings (SSSR count). The van der Waals surface area contributed by atoms with Gasteiger partial charge in [0.05, 0.1) is 16.9 Å². The highest BCUT2D eigenvalue weighted by molar-refractivity contribution is 8.00. The Morgan fingerprint density at radius 3 is 2.50 bits per heavy atom. The van der Waals surface area contributed by atoms with Crippen LogP contribution in [0.25, 0.3) is 5.82 Å². The van der Waals surface area contributed by atoms with Crippen molar-refractivity contribution in [3.05, 3.63) is 57.7 Å². The van der Waals surface area contributed by atoms with Crippen molar-refractivity contribution >= 4 is 17.5 Å². The van der Waals surface area contributed by atoms with Gasteiger partial charge in [0.1, 0.15) is 16.9 Å². The van der Waals surface area contributed by atoms with Crippen molar-refractivity contribution in [3.63, 3.8) is 0 Å². The Balaban J connectivity index is 1.89. The van der Waals surface area contributed by atoms with E-state index in [0.29, 0.717) is 22.8 Å². The number of pyridine rings is 1. The molecule has 0 aliphatic rings. The summed E-state index contributed by atoms with van der Waals surface area (Å²) in [5.41, 5.74) is 0.320. The molecule has 3 aromatic rings. The molecule has 0 fully saturated rings. The third-order valence-electron chi connectivity index (χ3n) is 4.45. The van der Waals surface area contributed by atoms with E-state index in [9.17, 15) is 23.2 Å². The molecule has 0 bridgehead atoms. The Morgan fingerprint density at radius 1 is 1.23 bits per heavy atom. The summed E-state index contributed by atoms with van der Waals surface area (Å²) in [6, 6.07) is 5.83. The molecule has 0 aliphatic carbocycles. The van der Waals surface area contributed by atoms with Crippen molar-refractivity contribution in [1.29, 1.82) is 5.26 Å². The number of hydrogen-bond acceptors (Lipinski definition) is 6. The lowest BCUT2D eigenvalue weighted by Gasteiger charge is -2.12. The minimum absolute atomic E-state index is 0.112. The fourth-order valence-electron chi connectivity index (χ4n) is 3.15. The second-order valence-electron chi connectivity index (χ2n) is 6.73. The molecule has 10 heteroatoms. The van der Waals surface area contributed by atoms with Crippen LogP contribution < -0.4 is 0 Å². The SMILES string of the molecule is Cc1cc(C(F)(F)F)c(C#N)c(SCC(=O)c2cc(C)n(-c3cc(C)on3)c2C)n1. The Labute approximate surface area is 174 Å². The van der Waals surface area contributed by atoms with Gasteiger partial charge in [0.2, 0.25) is 0 Å². The fourth-order valence-corrected chi connectivity index (χ4v) is 4.08. The van der Waals surface area contributed by atoms with Gasteiger partial charge in [-0.2, -0.15) is 18.4 Å². The van der Waals surface area contributed by atoms with E-state index < -0.39 is 17.3 Å². The highest BCUT2D eigenvalue weighted by Gasteiger charge is 2.35. The van der Waals surface area contributed by atoms with E-state index in [1.165, 1.54) is 6.92 Å². The van der Waals surface area contributed by atoms with Gasteiger partial charge in [-0.15, -0.1) is 0 Å². The summed E-state index contributed by atoms with van der Waals surface area (Å²) in [5.74, 6) is 0.706. The van der Waals surface area contributed by atoms with Crippen LogP contribution in [0.3, 0.4) is 0 Å². The third kappa shape index (κ3) is 4.11. The van der Waals surface area contributed by atoms with Crippen molar-refractivity contribution in [3.8, 4) is 11.9 Å². The molecule has 0 unspecified atom stereocenters. The number of aryl methyl sites for hydroxylation is 3. The smallest absolute Gasteiger partial charge is 0.360 e. The molecule has 0 saturated carbocycles. The molecule has 0 radical (unpaired) electrons. The van der Waals surface area contributed by atoms with E-state index in [0.717, 1.165) is 23.5 Å².